The summed E-state index contributed by atoms with van der Waals surface area (Å²) in [5, 5.41) is 3.21. The van der Waals surface area contributed by atoms with Gasteiger partial charge in [0, 0.05) is 11.7 Å². The summed E-state index contributed by atoms with van der Waals surface area (Å²) in [4.78, 5) is 0. The Labute approximate surface area is 105 Å². The average Bonchev–Trinajstić information content (AvgIpc) is 2.31. The van der Waals surface area contributed by atoms with E-state index in [2.05, 4.69) is 12.2 Å². The molecule has 0 spiro atoms. The van der Waals surface area contributed by atoms with Gasteiger partial charge in [-0.2, -0.15) is 13.2 Å². The van der Waals surface area contributed by atoms with E-state index in [1.807, 2.05) is 0 Å². The second kappa shape index (κ2) is 5.21. The first-order valence-electron chi connectivity index (χ1n) is 6.39. The van der Waals surface area contributed by atoms with E-state index in [1.165, 1.54) is 12.1 Å². The van der Waals surface area contributed by atoms with Gasteiger partial charge >= 0.3 is 6.18 Å². The van der Waals surface area contributed by atoms with Gasteiger partial charge in [-0.05, 0) is 49.8 Å². The molecule has 1 aromatic rings. The maximum Gasteiger partial charge on any atom is 0.416 e. The molecule has 0 amide bonds. The van der Waals surface area contributed by atoms with Crippen molar-refractivity contribution in [2.45, 2.75) is 44.8 Å². The molecule has 0 bridgehead atoms. The molecule has 0 radical (unpaired) electrons. The molecule has 100 valence electrons. The van der Waals surface area contributed by atoms with E-state index in [0.29, 0.717) is 11.7 Å². The SMILES string of the molecule is CC1CCC(Nc2cccc(C(F)(F)F)c2)CC1. The minimum absolute atomic E-state index is 0.310. The third kappa shape index (κ3) is 3.40. The molecule has 1 aliphatic rings. The number of nitrogens with one attached hydrogen (secondary N) is 1. The first kappa shape index (κ1) is 13.2. The molecule has 1 N–H and O–H groups in total. The lowest BCUT2D eigenvalue weighted by Crippen LogP contribution is -2.25. The fourth-order valence-corrected chi connectivity index (χ4v) is 2.43. The van der Waals surface area contributed by atoms with Crippen LogP contribution >= 0.6 is 0 Å². The number of hydrogen-bond acceptors (Lipinski definition) is 1. The van der Waals surface area contributed by atoms with E-state index in [9.17, 15) is 13.2 Å². The fourth-order valence-electron chi connectivity index (χ4n) is 2.43. The number of benzene rings is 1. The Morgan fingerprint density at radius 2 is 1.78 bits per heavy atom. The van der Waals surface area contributed by atoms with E-state index >= 15 is 0 Å². The summed E-state index contributed by atoms with van der Waals surface area (Å²) in [7, 11) is 0. The molecule has 2 rings (SSSR count). The van der Waals surface area contributed by atoms with Gasteiger partial charge in [-0.25, -0.2) is 0 Å². The van der Waals surface area contributed by atoms with Gasteiger partial charge in [0.2, 0.25) is 0 Å². The van der Waals surface area contributed by atoms with Gasteiger partial charge in [0.1, 0.15) is 0 Å². The lowest BCUT2D eigenvalue weighted by molar-refractivity contribution is -0.137. The average molecular weight is 257 g/mol. The third-order valence-corrected chi connectivity index (χ3v) is 3.58. The zero-order valence-electron chi connectivity index (χ0n) is 10.4. The first-order valence-corrected chi connectivity index (χ1v) is 6.39. The molecule has 0 atom stereocenters. The van der Waals surface area contributed by atoms with Crippen molar-refractivity contribution in [3.8, 4) is 0 Å². The van der Waals surface area contributed by atoms with Gasteiger partial charge < -0.3 is 5.32 Å². The summed E-state index contributed by atoms with van der Waals surface area (Å²) >= 11 is 0. The molecule has 1 aliphatic carbocycles. The number of anilines is 1. The van der Waals surface area contributed by atoms with Crippen molar-refractivity contribution in [2.24, 2.45) is 5.92 Å². The molecule has 4 heteroatoms. The highest BCUT2D eigenvalue weighted by atomic mass is 19.4. The smallest absolute Gasteiger partial charge is 0.382 e. The van der Waals surface area contributed by atoms with E-state index in [1.54, 1.807) is 6.07 Å². The topological polar surface area (TPSA) is 12.0 Å². The third-order valence-electron chi connectivity index (χ3n) is 3.58. The van der Waals surface area contributed by atoms with Crippen molar-refractivity contribution in [3.05, 3.63) is 29.8 Å². The summed E-state index contributed by atoms with van der Waals surface area (Å²) in [5.74, 6) is 0.740. The molecular formula is C14H18F3N. The van der Waals surface area contributed by atoms with Gasteiger partial charge in [0.15, 0.2) is 0 Å². The Morgan fingerprint density at radius 1 is 1.11 bits per heavy atom. The Balaban J connectivity index is 2.01. The zero-order valence-corrected chi connectivity index (χ0v) is 10.4. The van der Waals surface area contributed by atoms with Crippen LogP contribution in [0.1, 0.15) is 38.2 Å². The predicted octanol–water partition coefficient (Wildman–Crippen LogP) is 4.70. The Morgan fingerprint density at radius 3 is 2.39 bits per heavy atom. The van der Waals surface area contributed by atoms with E-state index < -0.39 is 11.7 Å². The highest BCUT2D eigenvalue weighted by molar-refractivity contribution is 5.47. The van der Waals surface area contributed by atoms with Crippen molar-refractivity contribution >= 4 is 5.69 Å². The quantitative estimate of drug-likeness (QED) is 0.810. The molecule has 1 saturated carbocycles. The molecule has 1 fully saturated rings. The molecule has 1 nitrogen and oxygen atoms in total. The molecule has 0 heterocycles. The zero-order chi connectivity index (χ0) is 13.2. The van der Waals surface area contributed by atoms with Crippen LogP contribution in [0.3, 0.4) is 0 Å². The van der Waals surface area contributed by atoms with Crippen LogP contribution in [0.4, 0.5) is 18.9 Å². The Bertz CT molecular complexity index is 392. The molecule has 18 heavy (non-hydrogen) atoms. The first-order chi connectivity index (χ1) is 8.45. The highest BCUT2D eigenvalue weighted by Gasteiger charge is 2.30. The van der Waals surface area contributed by atoms with Crippen LogP contribution in [-0.4, -0.2) is 6.04 Å². The van der Waals surface area contributed by atoms with Crippen LogP contribution in [0, 0.1) is 5.92 Å². The van der Waals surface area contributed by atoms with Crippen LogP contribution in [0.2, 0.25) is 0 Å². The lowest BCUT2D eigenvalue weighted by Gasteiger charge is -2.28. The molecular weight excluding hydrogens is 239 g/mol. The highest BCUT2D eigenvalue weighted by Crippen LogP contribution is 2.32. The van der Waals surface area contributed by atoms with Gasteiger partial charge in [-0.15, -0.1) is 0 Å². The van der Waals surface area contributed by atoms with E-state index in [-0.39, 0.29) is 0 Å². The van der Waals surface area contributed by atoms with Gasteiger partial charge in [-0.3, -0.25) is 0 Å². The van der Waals surface area contributed by atoms with Gasteiger partial charge in [0.05, 0.1) is 5.56 Å². The molecule has 0 saturated heterocycles. The maximum atomic E-state index is 12.6. The number of halogens is 3. The number of hydrogen-bond donors (Lipinski definition) is 1. The molecule has 0 aliphatic heterocycles. The standard InChI is InChI=1S/C14H18F3N/c1-10-5-7-12(8-6-10)18-13-4-2-3-11(9-13)14(15,16)17/h2-4,9-10,12,18H,5-8H2,1H3. The van der Waals surface area contributed by atoms with Crippen molar-refractivity contribution in [1.29, 1.82) is 0 Å². The van der Waals surface area contributed by atoms with Crippen LogP contribution in [0.25, 0.3) is 0 Å². The molecule has 0 aromatic heterocycles. The second-order valence-electron chi connectivity index (χ2n) is 5.18. The van der Waals surface area contributed by atoms with E-state index in [4.69, 9.17) is 0 Å². The van der Waals surface area contributed by atoms with Crippen molar-refractivity contribution < 1.29 is 13.2 Å². The number of alkyl halides is 3. The monoisotopic (exact) mass is 257 g/mol. The van der Waals surface area contributed by atoms with Crippen LogP contribution in [0.15, 0.2) is 24.3 Å². The Kier molecular flexibility index (Phi) is 3.83. The summed E-state index contributed by atoms with van der Waals surface area (Å²) in [6.07, 6.45) is 0.112. The number of rotatable bonds is 2. The summed E-state index contributed by atoms with van der Waals surface area (Å²) in [6, 6.07) is 5.76. The van der Waals surface area contributed by atoms with Crippen LogP contribution < -0.4 is 5.32 Å². The van der Waals surface area contributed by atoms with E-state index in [0.717, 1.165) is 37.7 Å². The summed E-state index contributed by atoms with van der Waals surface area (Å²) in [5.41, 5.74) is -0.0129. The fraction of sp³-hybridized carbons (Fsp3) is 0.571. The van der Waals surface area contributed by atoms with Crippen molar-refractivity contribution in [2.75, 3.05) is 5.32 Å². The van der Waals surface area contributed by atoms with Crippen LogP contribution in [0.5, 0.6) is 0 Å². The van der Waals surface area contributed by atoms with Crippen molar-refractivity contribution in [1.82, 2.24) is 0 Å². The normalized spacial score (nSPS) is 24.9. The minimum Gasteiger partial charge on any atom is -0.382 e. The molecule has 0 unspecified atom stereocenters. The second-order valence-corrected chi connectivity index (χ2v) is 5.18. The van der Waals surface area contributed by atoms with Crippen molar-refractivity contribution in [3.63, 3.8) is 0 Å². The largest absolute Gasteiger partial charge is 0.416 e. The summed E-state index contributed by atoms with van der Waals surface area (Å²) in [6.45, 7) is 2.22. The molecule has 1 aromatic carbocycles. The minimum atomic E-state index is -4.27. The van der Waals surface area contributed by atoms with Crippen LogP contribution in [-0.2, 0) is 6.18 Å². The lowest BCUT2D eigenvalue weighted by atomic mass is 9.87. The summed E-state index contributed by atoms with van der Waals surface area (Å²) < 4.78 is 37.7. The van der Waals surface area contributed by atoms with Gasteiger partial charge in [-0.1, -0.05) is 13.0 Å². The Hall–Kier alpha value is -1.19. The van der Waals surface area contributed by atoms with Gasteiger partial charge in [0.25, 0.3) is 0 Å². The predicted molar refractivity (Wildman–Crippen MR) is 66.5 cm³/mol. The maximum absolute atomic E-state index is 12.6.